The highest BCUT2D eigenvalue weighted by molar-refractivity contribution is 5.90. The van der Waals surface area contributed by atoms with Crippen molar-refractivity contribution in [2.24, 2.45) is 0 Å². The first-order valence-corrected chi connectivity index (χ1v) is 4.91. The first-order valence-electron chi connectivity index (χ1n) is 4.91. The van der Waals surface area contributed by atoms with Crippen molar-refractivity contribution < 1.29 is 9.18 Å². The number of carbonyl (C=O) groups is 1. The van der Waals surface area contributed by atoms with Crippen molar-refractivity contribution in [3.8, 4) is 0 Å². The van der Waals surface area contributed by atoms with E-state index in [1.165, 1.54) is 18.2 Å². The largest absolute Gasteiger partial charge is 0.399 e. The minimum Gasteiger partial charge on any atom is -0.399 e. The predicted octanol–water partition coefficient (Wildman–Crippen LogP) is 2.33. The highest BCUT2D eigenvalue weighted by Gasteiger charge is 2.13. The summed E-state index contributed by atoms with van der Waals surface area (Å²) in [6, 6.07) is 3.49. The molecule has 0 saturated carbocycles. The zero-order chi connectivity index (χ0) is 12.3. The van der Waals surface area contributed by atoms with Crippen LogP contribution in [0.2, 0.25) is 0 Å². The smallest absolute Gasteiger partial charge is 0.319 e. The van der Waals surface area contributed by atoms with Gasteiger partial charge >= 0.3 is 6.03 Å². The van der Waals surface area contributed by atoms with E-state index in [0.717, 1.165) is 0 Å². The monoisotopic (exact) mass is 225 g/mol. The van der Waals surface area contributed by atoms with Gasteiger partial charge < -0.3 is 16.4 Å². The van der Waals surface area contributed by atoms with E-state index in [1.54, 1.807) is 0 Å². The molecule has 0 saturated heterocycles. The molecule has 88 valence electrons. The summed E-state index contributed by atoms with van der Waals surface area (Å²) in [7, 11) is 0. The van der Waals surface area contributed by atoms with Gasteiger partial charge in [0, 0.05) is 16.9 Å². The third-order valence-electron chi connectivity index (χ3n) is 1.67. The van der Waals surface area contributed by atoms with Gasteiger partial charge in [0.1, 0.15) is 5.82 Å². The topological polar surface area (TPSA) is 67.2 Å². The molecule has 0 fully saturated rings. The maximum absolute atomic E-state index is 13.0. The summed E-state index contributed by atoms with van der Waals surface area (Å²) in [5, 5.41) is 5.20. The Bertz CT molecular complexity index is 378. The molecular weight excluding hydrogens is 209 g/mol. The van der Waals surface area contributed by atoms with E-state index in [0.29, 0.717) is 5.69 Å². The fourth-order valence-electron chi connectivity index (χ4n) is 1.19. The Balaban J connectivity index is 2.70. The third-order valence-corrected chi connectivity index (χ3v) is 1.67. The molecule has 0 heterocycles. The van der Waals surface area contributed by atoms with Gasteiger partial charge in [0.15, 0.2) is 0 Å². The molecule has 1 aromatic carbocycles. The van der Waals surface area contributed by atoms with E-state index in [2.05, 4.69) is 10.6 Å². The SMILES string of the molecule is CC(C)(C)NC(=O)Nc1cc(N)cc(F)c1. The molecule has 1 aromatic rings. The molecule has 0 spiro atoms. The van der Waals surface area contributed by atoms with Crippen molar-refractivity contribution >= 4 is 17.4 Å². The number of anilines is 2. The molecule has 0 aliphatic carbocycles. The van der Waals surface area contributed by atoms with Gasteiger partial charge in [0.25, 0.3) is 0 Å². The van der Waals surface area contributed by atoms with Gasteiger partial charge in [-0.1, -0.05) is 0 Å². The second-order valence-electron chi connectivity index (χ2n) is 4.60. The van der Waals surface area contributed by atoms with Crippen LogP contribution in [0.4, 0.5) is 20.6 Å². The molecule has 1 rings (SSSR count). The van der Waals surface area contributed by atoms with Crippen molar-refractivity contribution in [3.63, 3.8) is 0 Å². The number of nitrogens with two attached hydrogens (primary N) is 1. The number of nitrogens with one attached hydrogen (secondary N) is 2. The fourth-order valence-corrected chi connectivity index (χ4v) is 1.19. The predicted molar refractivity (Wildman–Crippen MR) is 62.7 cm³/mol. The summed E-state index contributed by atoms with van der Waals surface area (Å²) in [4.78, 5) is 11.5. The highest BCUT2D eigenvalue weighted by Crippen LogP contribution is 2.15. The second-order valence-corrected chi connectivity index (χ2v) is 4.60. The summed E-state index contributed by atoms with van der Waals surface area (Å²) in [6.07, 6.45) is 0. The molecule has 5 heteroatoms. The van der Waals surface area contributed by atoms with Gasteiger partial charge in [-0.3, -0.25) is 0 Å². The molecule has 0 aliphatic heterocycles. The van der Waals surface area contributed by atoms with Crippen molar-refractivity contribution in [2.75, 3.05) is 11.1 Å². The molecule has 4 nitrogen and oxygen atoms in total. The Kier molecular flexibility index (Phi) is 3.37. The Hall–Kier alpha value is -1.78. The van der Waals surface area contributed by atoms with E-state index in [9.17, 15) is 9.18 Å². The quantitative estimate of drug-likeness (QED) is 0.642. The summed E-state index contributed by atoms with van der Waals surface area (Å²) < 4.78 is 13.0. The van der Waals surface area contributed by atoms with E-state index in [1.807, 2.05) is 20.8 Å². The Morgan fingerprint density at radius 1 is 1.31 bits per heavy atom. The number of rotatable bonds is 1. The number of hydrogen-bond acceptors (Lipinski definition) is 2. The van der Waals surface area contributed by atoms with Gasteiger partial charge in [0.05, 0.1) is 0 Å². The average Bonchev–Trinajstić information content (AvgIpc) is 1.96. The van der Waals surface area contributed by atoms with Crippen LogP contribution in [0.15, 0.2) is 18.2 Å². The van der Waals surface area contributed by atoms with Gasteiger partial charge in [0.2, 0.25) is 0 Å². The van der Waals surface area contributed by atoms with Gasteiger partial charge in [-0.05, 0) is 39.0 Å². The van der Waals surface area contributed by atoms with Gasteiger partial charge in [-0.15, -0.1) is 0 Å². The van der Waals surface area contributed by atoms with E-state index >= 15 is 0 Å². The molecule has 4 N–H and O–H groups in total. The second kappa shape index (κ2) is 4.38. The van der Waals surface area contributed by atoms with Crippen LogP contribution in [0.1, 0.15) is 20.8 Å². The normalized spacial score (nSPS) is 11.0. The number of halogens is 1. The Morgan fingerprint density at radius 3 is 2.44 bits per heavy atom. The van der Waals surface area contributed by atoms with E-state index in [-0.39, 0.29) is 11.2 Å². The summed E-state index contributed by atoms with van der Waals surface area (Å²) in [6.45, 7) is 5.56. The zero-order valence-corrected chi connectivity index (χ0v) is 9.60. The third kappa shape index (κ3) is 4.16. The molecule has 0 unspecified atom stereocenters. The number of hydrogen-bond donors (Lipinski definition) is 3. The Labute approximate surface area is 94.0 Å². The highest BCUT2D eigenvalue weighted by atomic mass is 19.1. The molecular formula is C11H16FN3O. The van der Waals surface area contributed by atoms with Crippen LogP contribution in [-0.4, -0.2) is 11.6 Å². The van der Waals surface area contributed by atoms with Crippen molar-refractivity contribution in [1.29, 1.82) is 0 Å². The summed E-state index contributed by atoms with van der Waals surface area (Å²) in [5.41, 5.74) is 5.71. The molecule has 16 heavy (non-hydrogen) atoms. The maximum Gasteiger partial charge on any atom is 0.319 e. The molecule has 0 bridgehead atoms. The van der Waals surface area contributed by atoms with Crippen LogP contribution in [0, 0.1) is 5.82 Å². The number of benzene rings is 1. The Morgan fingerprint density at radius 2 is 1.94 bits per heavy atom. The maximum atomic E-state index is 13.0. The summed E-state index contributed by atoms with van der Waals surface area (Å²) in [5.74, 6) is -0.481. The van der Waals surface area contributed by atoms with Crippen LogP contribution < -0.4 is 16.4 Å². The number of urea groups is 1. The number of nitrogen functional groups attached to an aromatic ring is 1. The van der Waals surface area contributed by atoms with Crippen molar-refractivity contribution in [3.05, 3.63) is 24.0 Å². The lowest BCUT2D eigenvalue weighted by Gasteiger charge is -2.20. The summed E-state index contributed by atoms with van der Waals surface area (Å²) >= 11 is 0. The first-order chi connectivity index (χ1) is 7.26. The minimum absolute atomic E-state index is 0.269. The lowest BCUT2D eigenvalue weighted by molar-refractivity contribution is 0.244. The fraction of sp³-hybridized carbons (Fsp3) is 0.364. The molecule has 0 aromatic heterocycles. The zero-order valence-electron chi connectivity index (χ0n) is 9.60. The van der Waals surface area contributed by atoms with Crippen LogP contribution in [-0.2, 0) is 0 Å². The standard InChI is InChI=1S/C11H16FN3O/c1-11(2,3)15-10(16)14-9-5-7(12)4-8(13)6-9/h4-6H,13H2,1-3H3,(H2,14,15,16). The van der Waals surface area contributed by atoms with Crippen LogP contribution in [0.3, 0.4) is 0 Å². The molecule has 0 aliphatic rings. The lowest BCUT2D eigenvalue weighted by atomic mass is 10.1. The molecule has 0 atom stereocenters. The van der Waals surface area contributed by atoms with Gasteiger partial charge in [-0.25, -0.2) is 9.18 Å². The lowest BCUT2D eigenvalue weighted by Crippen LogP contribution is -2.43. The van der Waals surface area contributed by atoms with Crippen LogP contribution in [0.5, 0.6) is 0 Å². The number of amides is 2. The first kappa shape index (κ1) is 12.3. The van der Waals surface area contributed by atoms with Crippen molar-refractivity contribution in [2.45, 2.75) is 26.3 Å². The molecule has 0 radical (unpaired) electrons. The average molecular weight is 225 g/mol. The van der Waals surface area contributed by atoms with Crippen LogP contribution in [0.25, 0.3) is 0 Å². The number of carbonyl (C=O) groups excluding carboxylic acids is 1. The van der Waals surface area contributed by atoms with Crippen molar-refractivity contribution in [1.82, 2.24) is 5.32 Å². The molecule has 2 amide bonds. The van der Waals surface area contributed by atoms with E-state index < -0.39 is 11.8 Å². The van der Waals surface area contributed by atoms with Gasteiger partial charge in [-0.2, -0.15) is 0 Å². The minimum atomic E-state index is -0.481. The van der Waals surface area contributed by atoms with E-state index in [4.69, 9.17) is 5.73 Å². The van der Waals surface area contributed by atoms with Crippen LogP contribution >= 0.6 is 0 Å².